The lowest BCUT2D eigenvalue weighted by Gasteiger charge is -2.06. The molecule has 5 heteroatoms. The van der Waals surface area contributed by atoms with E-state index in [1.54, 1.807) is 6.92 Å². The van der Waals surface area contributed by atoms with Crippen LogP contribution in [0.15, 0.2) is 5.10 Å². The number of carbonyl (C=O) groups is 2. The zero-order valence-corrected chi connectivity index (χ0v) is 6.98. The van der Waals surface area contributed by atoms with Gasteiger partial charge in [-0.2, -0.15) is 5.10 Å². The monoisotopic (exact) mass is 170 g/mol. The Bertz CT molecular complexity index is 237. The van der Waals surface area contributed by atoms with E-state index >= 15 is 0 Å². The predicted molar refractivity (Wildman–Crippen MR) is 41.4 cm³/mol. The van der Waals surface area contributed by atoms with E-state index in [0.29, 0.717) is 0 Å². The molecule has 0 aromatic carbocycles. The minimum absolute atomic E-state index is 0.278. The van der Waals surface area contributed by atoms with Crippen molar-refractivity contribution in [3.8, 4) is 0 Å². The summed E-state index contributed by atoms with van der Waals surface area (Å²) in [4.78, 5) is 22.2. The quantitative estimate of drug-likeness (QED) is 0.419. The zero-order valence-electron chi connectivity index (χ0n) is 6.98. The Labute approximate surface area is 70.0 Å². The average molecular weight is 170 g/mol. The van der Waals surface area contributed by atoms with Crippen LogP contribution in [0.5, 0.6) is 0 Å². The summed E-state index contributed by atoms with van der Waals surface area (Å²) in [6.45, 7) is 1.97. The van der Waals surface area contributed by atoms with E-state index in [1.807, 2.05) is 0 Å². The van der Waals surface area contributed by atoms with E-state index in [2.05, 4.69) is 9.84 Å². The lowest BCUT2D eigenvalue weighted by atomic mass is 10.2. The Morgan fingerprint density at radius 1 is 1.83 bits per heavy atom. The molecule has 0 fully saturated rings. The maximum Gasteiger partial charge on any atom is 0.324 e. The van der Waals surface area contributed by atoms with Gasteiger partial charge < -0.3 is 4.74 Å². The van der Waals surface area contributed by atoms with Gasteiger partial charge in [0.2, 0.25) is 0 Å². The highest BCUT2D eigenvalue weighted by Crippen LogP contribution is 2.09. The van der Waals surface area contributed by atoms with E-state index in [-0.39, 0.29) is 12.5 Å². The van der Waals surface area contributed by atoms with Crippen LogP contribution in [0.25, 0.3) is 0 Å². The normalized spacial score (nSPS) is 21.7. The fourth-order valence-corrected chi connectivity index (χ4v) is 0.882. The van der Waals surface area contributed by atoms with Gasteiger partial charge in [0.15, 0.2) is 5.92 Å². The van der Waals surface area contributed by atoms with Crippen LogP contribution in [-0.4, -0.2) is 36.8 Å². The molecule has 0 bridgehead atoms. The molecular weight excluding hydrogens is 160 g/mol. The molecule has 0 radical (unpaired) electrons. The van der Waals surface area contributed by atoms with Gasteiger partial charge in [-0.1, -0.05) is 0 Å². The molecule has 0 aromatic heterocycles. The first-order chi connectivity index (χ1) is 5.66. The first kappa shape index (κ1) is 8.70. The largest absolute Gasteiger partial charge is 0.465 e. The number of nitrogens with zero attached hydrogens (tertiary/aromatic N) is 2. The molecule has 0 spiro atoms. The van der Waals surface area contributed by atoms with Crippen LogP contribution in [0.1, 0.15) is 6.92 Å². The number of hydrogen-bond donors (Lipinski definition) is 0. The van der Waals surface area contributed by atoms with Crippen LogP contribution >= 0.6 is 0 Å². The summed E-state index contributed by atoms with van der Waals surface area (Å²) >= 11 is 0. The van der Waals surface area contributed by atoms with Crippen molar-refractivity contribution in [2.45, 2.75) is 6.92 Å². The molecule has 1 rings (SSSR count). The molecule has 5 nitrogen and oxygen atoms in total. The third kappa shape index (κ3) is 1.44. The van der Waals surface area contributed by atoms with Crippen LogP contribution in [0, 0.1) is 5.92 Å². The van der Waals surface area contributed by atoms with Crippen molar-refractivity contribution in [2.75, 3.05) is 13.7 Å². The Morgan fingerprint density at radius 3 is 2.92 bits per heavy atom. The van der Waals surface area contributed by atoms with Crippen molar-refractivity contribution in [3.05, 3.63) is 0 Å². The number of ether oxygens (including phenoxy) is 1. The lowest BCUT2D eigenvalue weighted by molar-refractivity contribution is -0.150. The summed E-state index contributed by atoms with van der Waals surface area (Å²) in [5, 5.41) is 4.79. The van der Waals surface area contributed by atoms with Crippen LogP contribution in [0.3, 0.4) is 0 Å². The zero-order chi connectivity index (χ0) is 9.14. The summed E-state index contributed by atoms with van der Waals surface area (Å²) in [5.74, 6) is -1.71. The standard InChI is InChI=1S/C7H10N2O3/c1-3-12-7(11)5-4-8-9(2)6(5)10/h4-5H,3H2,1-2H3. The topological polar surface area (TPSA) is 59.0 Å². The van der Waals surface area contributed by atoms with Crippen LogP contribution in [0.2, 0.25) is 0 Å². The summed E-state index contributed by atoms with van der Waals surface area (Å²) in [6, 6.07) is 0. The first-order valence-corrected chi connectivity index (χ1v) is 3.65. The van der Waals surface area contributed by atoms with Gasteiger partial charge in [0.1, 0.15) is 0 Å². The summed E-state index contributed by atoms with van der Waals surface area (Å²) in [6.07, 6.45) is 1.29. The average Bonchev–Trinajstić information content (AvgIpc) is 2.34. The van der Waals surface area contributed by atoms with Gasteiger partial charge in [0.05, 0.1) is 6.61 Å². The van der Waals surface area contributed by atoms with E-state index in [0.717, 1.165) is 5.01 Å². The van der Waals surface area contributed by atoms with Gasteiger partial charge in [0.25, 0.3) is 5.91 Å². The van der Waals surface area contributed by atoms with E-state index in [1.165, 1.54) is 13.3 Å². The Morgan fingerprint density at radius 2 is 2.50 bits per heavy atom. The third-order valence-corrected chi connectivity index (χ3v) is 1.51. The van der Waals surface area contributed by atoms with E-state index < -0.39 is 11.9 Å². The van der Waals surface area contributed by atoms with Crippen molar-refractivity contribution in [2.24, 2.45) is 11.0 Å². The van der Waals surface area contributed by atoms with Gasteiger partial charge >= 0.3 is 5.97 Å². The smallest absolute Gasteiger partial charge is 0.324 e. The second-order valence-electron chi connectivity index (χ2n) is 2.36. The molecular formula is C7H10N2O3. The molecule has 0 aliphatic carbocycles. The first-order valence-electron chi connectivity index (χ1n) is 3.65. The van der Waals surface area contributed by atoms with E-state index in [4.69, 9.17) is 0 Å². The Hall–Kier alpha value is -1.39. The third-order valence-electron chi connectivity index (χ3n) is 1.51. The van der Waals surface area contributed by atoms with Crippen molar-refractivity contribution >= 4 is 18.1 Å². The number of carbonyl (C=O) groups excluding carboxylic acids is 2. The minimum atomic E-state index is -0.838. The SMILES string of the molecule is CCOC(=O)C1C=NN(C)C1=O. The van der Waals surface area contributed by atoms with Crippen LogP contribution < -0.4 is 0 Å². The molecule has 0 saturated heterocycles. The fourth-order valence-electron chi connectivity index (χ4n) is 0.882. The van der Waals surface area contributed by atoms with Gasteiger partial charge in [-0.05, 0) is 6.92 Å². The number of amides is 1. The van der Waals surface area contributed by atoms with Gasteiger partial charge in [0, 0.05) is 13.3 Å². The van der Waals surface area contributed by atoms with Gasteiger partial charge in [-0.15, -0.1) is 0 Å². The molecule has 1 aliphatic rings. The molecule has 1 aliphatic heterocycles. The van der Waals surface area contributed by atoms with E-state index in [9.17, 15) is 9.59 Å². The molecule has 1 atom stereocenters. The Balaban J connectivity index is 2.60. The highest BCUT2D eigenvalue weighted by Gasteiger charge is 2.33. The maximum absolute atomic E-state index is 11.1. The van der Waals surface area contributed by atoms with Crippen molar-refractivity contribution in [1.82, 2.24) is 5.01 Å². The number of hydrogen-bond acceptors (Lipinski definition) is 4. The highest BCUT2D eigenvalue weighted by atomic mass is 16.5. The number of hydrazone groups is 1. The second-order valence-corrected chi connectivity index (χ2v) is 2.36. The Kier molecular flexibility index (Phi) is 2.42. The van der Waals surface area contributed by atoms with Gasteiger partial charge in [-0.3, -0.25) is 9.59 Å². The van der Waals surface area contributed by atoms with Crippen molar-refractivity contribution in [3.63, 3.8) is 0 Å². The molecule has 0 aromatic rings. The molecule has 12 heavy (non-hydrogen) atoms. The molecule has 66 valence electrons. The highest BCUT2D eigenvalue weighted by molar-refractivity contribution is 6.13. The molecule has 1 unspecified atom stereocenters. The second kappa shape index (κ2) is 3.34. The lowest BCUT2D eigenvalue weighted by Crippen LogP contribution is -2.29. The number of rotatable bonds is 2. The maximum atomic E-state index is 11.1. The fraction of sp³-hybridized carbons (Fsp3) is 0.571. The predicted octanol–water partition coefficient (Wildman–Crippen LogP) is -0.377. The minimum Gasteiger partial charge on any atom is -0.465 e. The molecule has 0 N–H and O–H groups in total. The summed E-state index contributed by atoms with van der Waals surface area (Å²) in [5.41, 5.74) is 0. The van der Waals surface area contributed by atoms with Crippen molar-refractivity contribution in [1.29, 1.82) is 0 Å². The number of esters is 1. The molecule has 0 saturated carbocycles. The molecule has 1 amide bonds. The summed E-state index contributed by atoms with van der Waals surface area (Å²) in [7, 11) is 1.50. The van der Waals surface area contributed by atoms with Gasteiger partial charge in [-0.25, -0.2) is 5.01 Å². The van der Waals surface area contributed by atoms with Crippen molar-refractivity contribution < 1.29 is 14.3 Å². The van der Waals surface area contributed by atoms with Crippen LogP contribution in [0.4, 0.5) is 0 Å². The summed E-state index contributed by atoms with van der Waals surface area (Å²) < 4.78 is 4.67. The van der Waals surface area contributed by atoms with Crippen LogP contribution in [-0.2, 0) is 14.3 Å². The molecule has 1 heterocycles.